The summed E-state index contributed by atoms with van der Waals surface area (Å²) >= 11 is 6.00. The fourth-order valence-electron chi connectivity index (χ4n) is 2.71. The molecule has 0 aliphatic rings. The minimum atomic E-state index is -0.640. The minimum absolute atomic E-state index is 0.233. The molecule has 28 heavy (non-hydrogen) atoms. The van der Waals surface area contributed by atoms with Crippen LogP contribution in [0.5, 0.6) is 5.75 Å². The number of nitrogens with one attached hydrogen (secondary N) is 2. The Morgan fingerprint density at radius 1 is 1.04 bits per heavy atom. The SMILES string of the molecule is Cc1ccc(C(C)C)c(OC(C)C(=O)NCCNC(=O)c2ccccc2Cl)c1. The van der Waals surface area contributed by atoms with Crippen LogP contribution in [-0.2, 0) is 4.79 Å². The van der Waals surface area contributed by atoms with Gasteiger partial charge in [-0.05, 0) is 49.1 Å². The van der Waals surface area contributed by atoms with E-state index in [0.717, 1.165) is 16.9 Å². The Balaban J connectivity index is 1.83. The van der Waals surface area contributed by atoms with Gasteiger partial charge in [-0.3, -0.25) is 9.59 Å². The predicted molar refractivity (Wildman–Crippen MR) is 112 cm³/mol. The Morgan fingerprint density at radius 3 is 2.39 bits per heavy atom. The van der Waals surface area contributed by atoms with Crippen molar-refractivity contribution in [2.75, 3.05) is 13.1 Å². The van der Waals surface area contributed by atoms with Gasteiger partial charge in [0.2, 0.25) is 0 Å². The van der Waals surface area contributed by atoms with E-state index in [4.69, 9.17) is 16.3 Å². The topological polar surface area (TPSA) is 67.4 Å². The molecule has 0 saturated carbocycles. The average Bonchev–Trinajstić information content (AvgIpc) is 2.65. The van der Waals surface area contributed by atoms with Crippen molar-refractivity contribution in [2.45, 2.75) is 39.7 Å². The van der Waals surface area contributed by atoms with Gasteiger partial charge < -0.3 is 15.4 Å². The smallest absolute Gasteiger partial charge is 0.260 e. The molecule has 0 aliphatic carbocycles. The van der Waals surface area contributed by atoms with Gasteiger partial charge in [-0.1, -0.05) is 49.7 Å². The molecule has 0 heterocycles. The normalized spacial score (nSPS) is 11.8. The van der Waals surface area contributed by atoms with Gasteiger partial charge in [0.05, 0.1) is 10.6 Å². The van der Waals surface area contributed by atoms with Crippen molar-refractivity contribution in [3.05, 3.63) is 64.2 Å². The monoisotopic (exact) mass is 402 g/mol. The molecule has 0 bridgehead atoms. The van der Waals surface area contributed by atoms with Crippen LogP contribution in [0.4, 0.5) is 0 Å². The highest BCUT2D eigenvalue weighted by atomic mass is 35.5. The number of hydrogen-bond acceptors (Lipinski definition) is 3. The van der Waals surface area contributed by atoms with E-state index in [1.165, 1.54) is 0 Å². The lowest BCUT2D eigenvalue weighted by Crippen LogP contribution is -2.40. The first-order valence-electron chi connectivity index (χ1n) is 9.37. The van der Waals surface area contributed by atoms with Crippen molar-refractivity contribution in [3.63, 3.8) is 0 Å². The number of rotatable bonds is 8. The van der Waals surface area contributed by atoms with E-state index in [-0.39, 0.29) is 11.8 Å². The first kappa shape index (κ1) is 21.8. The van der Waals surface area contributed by atoms with Gasteiger partial charge in [0.1, 0.15) is 5.75 Å². The summed E-state index contributed by atoms with van der Waals surface area (Å²) in [5, 5.41) is 5.91. The first-order valence-corrected chi connectivity index (χ1v) is 9.75. The quantitative estimate of drug-likeness (QED) is 0.653. The number of ether oxygens (including phenoxy) is 1. The molecule has 6 heteroatoms. The lowest BCUT2D eigenvalue weighted by molar-refractivity contribution is -0.127. The van der Waals surface area contributed by atoms with Crippen LogP contribution in [0.2, 0.25) is 5.02 Å². The molecule has 0 radical (unpaired) electrons. The Morgan fingerprint density at radius 2 is 1.71 bits per heavy atom. The van der Waals surface area contributed by atoms with Crippen LogP contribution < -0.4 is 15.4 Å². The van der Waals surface area contributed by atoms with Gasteiger partial charge in [0, 0.05) is 13.1 Å². The third-order valence-corrected chi connectivity index (χ3v) is 4.62. The van der Waals surface area contributed by atoms with E-state index >= 15 is 0 Å². The molecule has 5 nitrogen and oxygen atoms in total. The highest BCUT2D eigenvalue weighted by Crippen LogP contribution is 2.28. The molecule has 2 aromatic carbocycles. The first-order chi connectivity index (χ1) is 13.3. The van der Waals surface area contributed by atoms with Crippen LogP contribution in [0, 0.1) is 6.92 Å². The van der Waals surface area contributed by atoms with Crippen LogP contribution >= 0.6 is 11.6 Å². The molecule has 0 aromatic heterocycles. The van der Waals surface area contributed by atoms with E-state index in [9.17, 15) is 9.59 Å². The molecule has 0 aliphatic heterocycles. The van der Waals surface area contributed by atoms with E-state index in [0.29, 0.717) is 29.6 Å². The Bertz CT molecular complexity index is 836. The second-order valence-corrected chi connectivity index (χ2v) is 7.39. The number of halogens is 1. The summed E-state index contributed by atoms with van der Waals surface area (Å²) in [5.74, 6) is 0.518. The third kappa shape index (κ3) is 5.99. The van der Waals surface area contributed by atoms with Crippen LogP contribution in [0.15, 0.2) is 42.5 Å². The number of hydrogen-bond donors (Lipinski definition) is 2. The summed E-state index contributed by atoms with van der Waals surface area (Å²) in [6, 6.07) is 12.8. The van der Waals surface area contributed by atoms with E-state index in [1.807, 2.05) is 25.1 Å². The fourth-order valence-corrected chi connectivity index (χ4v) is 2.93. The summed E-state index contributed by atoms with van der Waals surface area (Å²) in [5.41, 5.74) is 2.56. The van der Waals surface area contributed by atoms with Crippen LogP contribution in [0.3, 0.4) is 0 Å². The molecule has 2 N–H and O–H groups in total. The van der Waals surface area contributed by atoms with E-state index in [1.54, 1.807) is 31.2 Å². The van der Waals surface area contributed by atoms with Crippen LogP contribution in [0.1, 0.15) is 48.2 Å². The predicted octanol–water partition coefficient (Wildman–Crippen LogP) is 4.09. The number of amides is 2. The zero-order valence-electron chi connectivity index (χ0n) is 16.7. The molecular weight excluding hydrogens is 376 g/mol. The summed E-state index contributed by atoms with van der Waals surface area (Å²) in [6.07, 6.45) is -0.640. The van der Waals surface area contributed by atoms with Crippen LogP contribution in [-0.4, -0.2) is 31.0 Å². The summed E-state index contributed by atoms with van der Waals surface area (Å²) in [4.78, 5) is 24.4. The second kappa shape index (κ2) is 10.1. The third-order valence-electron chi connectivity index (χ3n) is 4.29. The van der Waals surface area contributed by atoms with Gasteiger partial charge >= 0.3 is 0 Å². The molecule has 1 unspecified atom stereocenters. The molecule has 0 saturated heterocycles. The average molecular weight is 403 g/mol. The molecule has 1 atom stereocenters. The maximum Gasteiger partial charge on any atom is 0.260 e. The Labute approximate surface area is 171 Å². The fraction of sp³-hybridized carbons (Fsp3) is 0.364. The standard InChI is InChI=1S/C22H27ClN2O3/c1-14(2)17-10-9-15(3)13-20(17)28-16(4)21(26)24-11-12-25-22(27)18-7-5-6-8-19(18)23/h5-10,13-14,16H,11-12H2,1-4H3,(H,24,26)(H,25,27). The molecule has 0 spiro atoms. The van der Waals surface area contributed by atoms with Gasteiger partial charge in [0.15, 0.2) is 6.10 Å². The number of carbonyl (C=O) groups is 2. The van der Waals surface area contributed by atoms with Crippen molar-refractivity contribution in [2.24, 2.45) is 0 Å². The molecule has 2 rings (SSSR count). The molecular formula is C22H27ClN2O3. The highest BCUT2D eigenvalue weighted by molar-refractivity contribution is 6.33. The molecule has 0 fully saturated rings. The van der Waals surface area contributed by atoms with Crippen molar-refractivity contribution >= 4 is 23.4 Å². The Hall–Kier alpha value is -2.53. The van der Waals surface area contributed by atoms with E-state index in [2.05, 4.69) is 24.5 Å². The maximum absolute atomic E-state index is 12.3. The Kier molecular flexibility index (Phi) is 7.88. The van der Waals surface area contributed by atoms with Crippen LogP contribution in [0.25, 0.3) is 0 Å². The largest absolute Gasteiger partial charge is 0.481 e. The van der Waals surface area contributed by atoms with Gasteiger partial charge in [-0.25, -0.2) is 0 Å². The zero-order chi connectivity index (χ0) is 20.7. The highest BCUT2D eigenvalue weighted by Gasteiger charge is 2.17. The molecule has 2 amide bonds. The van der Waals surface area contributed by atoms with Crippen molar-refractivity contribution in [1.82, 2.24) is 10.6 Å². The summed E-state index contributed by atoms with van der Waals surface area (Å²) < 4.78 is 5.90. The molecule has 150 valence electrons. The number of benzene rings is 2. The van der Waals surface area contributed by atoms with Crippen molar-refractivity contribution in [3.8, 4) is 5.75 Å². The lowest BCUT2D eigenvalue weighted by atomic mass is 10.0. The maximum atomic E-state index is 12.3. The van der Waals surface area contributed by atoms with Gasteiger partial charge in [-0.15, -0.1) is 0 Å². The van der Waals surface area contributed by atoms with Gasteiger partial charge in [-0.2, -0.15) is 0 Å². The van der Waals surface area contributed by atoms with Gasteiger partial charge in [0.25, 0.3) is 11.8 Å². The lowest BCUT2D eigenvalue weighted by Gasteiger charge is -2.19. The van der Waals surface area contributed by atoms with Crippen molar-refractivity contribution < 1.29 is 14.3 Å². The summed E-state index contributed by atoms with van der Waals surface area (Å²) in [6.45, 7) is 8.47. The minimum Gasteiger partial charge on any atom is -0.481 e. The zero-order valence-corrected chi connectivity index (χ0v) is 17.5. The summed E-state index contributed by atoms with van der Waals surface area (Å²) in [7, 11) is 0. The number of aryl methyl sites for hydroxylation is 1. The second-order valence-electron chi connectivity index (χ2n) is 6.98. The molecule has 2 aromatic rings. The number of carbonyl (C=O) groups excluding carboxylic acids is 2. The van der Waals surface area contributed by atoms with E-state index < -0.39 is 6.10 Å². The van der Waals surface area contributed by atoms with Crippen molar-refractivity contribution in [1.29, 1.82) is 0 Å².